The van der Waals surface area contributed by atoms with Gasteiger partial charge in [-0.15, -0.1) is 0 Å². The standard InChI is InChI=1S/C38H42/c1-3-5-7-11-17-31-23-25-35(37(29-31)33-19-13-9-14-20-33)27-28-36-26-24-32(18-12-8-6-4-2)30-38(36)34-21-15-10-16-22-34/h9-10,13-16,19-26,29-30H,3-8,11-12,17-18H2,1-2H3. The lowest BCUT2D eigenvalue weighted by molar-refractivity contribution is 0.667. The molecule has 0 aliphatic heterocycles. The Morgan fingerprint density at radius 1 is 0.447 bits per heavy atom. The van der Waals surface area contributed by atoms with Gasteiger partial charge in [0.25, 0.3) is 0 Å². The maximum atomic E-state index is 3.57. The molecule has 0 spiro atoms. The zero-order valence-corrected chi connectivity index (χ0v) is 23.3. The van der Waals surface area contributed by atoms with Crippen molar-refractivity contribution in [3.05, 3.63) is 119 Å². The number of unbranched alkanes of at least 4 members (excludes halogenated alkanes) is 6. The summed E-state index contributed by atoms with van der Waals surface area (Å²) in [6.07, 6.45) is 12.5. The van der Waals surface area contributed by atoms with E-state index in [0.717, 1.165) is 24.0 Å². The van der Waals surface area contributed by atoms with Gasteiger partial charge in [-0.2, -0.15) is 0 Å². The number of hydrogen-bond donors (Lipinski definition) is 0. The zero-order valence-electron chi connectivity index (χ0n) is 23.3. The van der Waals surface area contributed by atoms with Crippen LogP contribution in [0, 0.1) is 11.8 Å². The Labute approximate surface area is 231 Å². The van der Waals surface area contributed by atoms with E-state index in [4.69, 9.17) is 0 Å². The second-order valence-corrected chi connectivity index (χ2v) is 10.4. The minimum atomic E-state index is 1.09. The highest BCUT2D eigenvalue weighted by Gasteiger charge is 2.08. The number of rotatable bonds is 12. The van der Waals surface area contributed by atoms with E-state index in [1.54, 1.807) is 0 Å². The predicted octanol–water partition coefficient (Wildman–Crippen LogP) is 10.7. The van der Waals surface area contributed by atoms with Crippen LogP contribution in [0.1, 0.15) is 87.5 Å². The largest absolute Gasteiger partial charge is 0.0654 e. The van der Waals surface area contributed by atoms with Gasteiger partial charge in [0.2, 0.25) is 0 Å². The average Bonchev–Trinajstić information content (AvgIpc) is 2.98. The van der Waals surface area contributed by atoms with Gasteiger partial charge in [0.05, 0.1) is 0 Å². The van der Waals surface area contributed by atoms with E-state index in [1.165, 1.54) is 84.7 Å². The molecule has 0 heterocycles. The molecular weight excluding hydrogens is 456 g/mol. The third-order valence-corrected chi connectivity index (χ3v) is 7.31. The number of aryl methyl sites for hydroxylation is 2. The molecular formula is C38H42. The van der Waals surface area contributed by atoms with E-state index in [1.807, 2.05) is 0 Å². The second kappa shape index (κ2) is 15.0. The van der Waals surface area contributed by atoms with Crippen LogP contribution in [-0.2, 0) is 12.8 Å². The molecule has 0 heteroatoms. The van der Waals surface area contributed by atoms with Crippen molar-refractivity contribution in [1.29, 1.82) is 0 Å². The molecule has 0 radical (unpaired) electrons. The molecule has 0 saturated heterocycles. The lowest BCUT2D eigenvalue weighted by Crippen LogP contribution is -1.92. The maximum absolute atomic E-state index is 3.57. The Balaban J connectivity index is 1.67. The fraction of sp³-hybridized carbons (Fsp3) is 0.316. The first-order valence-corrected chi connectivity index (χ1v) is 14.7. The SMILES string of the molecule is CCCCCCc1ccc(C#Cc2ccc(CCCCCC)cc2-c2ccccc2)c(-c2ccccc2)c1. The second-order valence-electron chi connectivity index (χ2n) is 10.4. The predicted molar refractivity (Wildman–Crippen MR) is 165 cm³/mol. The summed E-state index contributed by atoms with van der Waals surface area (Å²) in [7, 11) is 0. The molecule has 0 unspecified atom stereocenters. The van der Waals surface area contributed by atoms with Crippen molar-refractivity contribution in [2.24, 2.45) is 0 Å². The van der Waals surface area contributed by atoms with Gasteiger partial charge < -0.3 is 0 Å². The van der Waals surface area contributed by atoms with Crippen molar-refractivity contribution in [1.82, 2.24) is 0 Å². The van der Waals surface area contributed by atoms with Crippen molar-refractivity contribution in [3.8, 4) is 34.1 Å². The van der Waals surface area contributed by atoms with Gasteiger partial charge in [0.15, 0.2) is 0 Å². The molecule has 194 valence electrons. The quantitative estimate of drug-likeness (QED) is 0.135. The molecule has 0 saturated carbocycles. The van der Waals surface area contributed by atoms with Crippen molar-refractivity contribution in [2.45, 2.75) is 78.1 Å². The monoisotopic (exact) mass is 498 g/mol. The molecule has 4 aromatic rings. The van der Waals surface area contributed by atoms with E-state index < -0.39 is 0 Å². The minimum absolute atomic E-state index is 1.09. The third kappa shape index (κ3) is 7.97. The van der Waals surface area contributed by atoms with Crippen LogP contribution in [0.25, 0.3) is 22.3 Å². The molecule has 0 aromatic heterocycles. The van der Waals surface area contributed by atoms with E-state index in [9.17, 15) is 0 Å². The van der Waals surface area contributed by atoms with Gasteiger partial charge in [-0.25, -0.2) is 0 Å². The molecule has 0 amide bonds. The molecule has 0 aliphatic rings. The first kappa shape index (κ1) is 27.5. The van der Waals surface area contributed by atoms with Crippen LogP contribution in [0.2, 0.25) is 0 Å². The van der Waals surface area contributed by atoms with Crippen LogP contribution < -0.4 is 0 Å². The van der Waals surface area contributed by atoms with Crippen molar-refractivity contribution < 1.29 is 0 Å². The van der Waals surface area contributed by atoms with E-state index in [0.29, 0.717) is 0 Å². The Morgan fingerprint density at radius 2 is 0.868 bits per heavy atom. The van der Waals surface area contributed by atoms with Gasteiger partial charge in [0.1, 0.15) is 0 Å². The summed E-state index contributed by atoms with van der Waals surface area (Å²) >= 11 is 0. The maximum Gasteiger partial charge on any atom is 0.0327 e. The minimum Gasteiger partial charge on any atom is -0.0654 e. The number of benzene rings is 4. The summed E-state index contributed by atoms with van der Waals surface area (Å²) in [6, 6.07) is 35.2. The third-order valence-electron chi connectivity index (χ3n) is 7.31. The molecule has 0 bridgehead atoms. The highest BCUT2D eigenvalue weighted by molar-refractivity contribution is 5.75. The van der Waals surface area contributed by atoms with Gasteiger partial charge >= 0.3 is 0 Å². The lowest BCUT2D eigenvalue weighted by atomic mass is 9.93. The summed E-state index contributed by atoms with van der Waals surface area (Å²) in [5, 5.41) is 0. The molecule has 4 rings (SSSR count). The van der Waals surface area contributed by atoms with E-state index in [2.05, 4.69) is 123 Å². The van der Waals surface area contributed by atoms with Gasteiger partial charge in [-0.05, 0) is 83.3 Å². The molecule has 0 aliphatic carbocycles. The molecule has 0 nitrogen and oxygen atoms in total. The van der Waals surface area contributed by atoms with Crippen molar-refractivity contribution >= 4 is 0 Å². The summed E-state index contributed by atoms with van der Waals surface area (Å²) in [4.78, 5) is 0. The summed E-state index contributed by atoms with van der Waals surface area (Å²) < 4.78 is 0. The summed E-state index contributed by atoms with van der Waals surface area (Å²) in [6.45, 7) is 4.54. The molecule has 4 aromatic carbocycles. The lowest BCUT2D eigenvalue weighted by Gasteiger charge is -2.10. The Morgan fingerprint density at radius 3 is 1.26 bits per heavy atom. The zero-order chi connectivity index (χ0) is 26.4. The topological polar surface area (TPSA) is 0 Å². The highest BCUT2D eigenvalue weighted by atomic mass is 14.1. The smallest absolute Gasteiger partial charge is 0.0327 e. The molecule has 0 fully saturated rings. The summed E-state index contributed by atoms with van der Waals surface area (Å²) in [5.74, 6) is 7.14. The van der Waals surface area contributed by atoms with Crippen LogP contribution >= 0.6 is 0 Å². The molecule has 38 heavy (non-hydrogen) atoms. The fourth-order valence-corrected chi connectivity index (χ4v) is 5.07. The van der Waals surface area contributed by atoms with Crippen LogP contribution in [-0.4, -0.2) is 0 Å². The van der Waals surface area contributed by atoms with E-state index in [-0.39, 0.29) is 0 Å². The first-order chi connectivity index (χ1) is 18.8. The van der Waals surface area contributed by atoms with Crippen molar-refractivity contribution in [2.75, 3.05) is 0 Å². The first-order valence-electron chi connectivity index (χ1n) is 14.7. The normalized spacial score (nSPS) is 10.7. The Bertz CT molecular complexity index is 1220. The van der Waals surface area contributed by atoms with Crippen LogP contribution in [0.5, 0.6) is 0 Å². The summed E-state index contributed by atoms with van der Waals surface area (Å²) in [5.41, 5.74) is 9.94. The molecule has 0 atom stereocenters. The Hall–Kier alpha value is -3.56. The van der Waals surface area contributed by atoms with Gasteiger partial charge in [0, 0.05) is 11.1 Å². The fourth-order valence-electron chi connectivity index (χ4n) is 5.07. The van der Waals surface area contributed by atoms with Gasteiger partial charge in [-0.3, -0.25) is 0 Å². The van der Waals surface area contributed by atoms with E-state index >= 15 is 0 Å². The average molecular weight is 499 g/mol. The van der Waals surface area contributed by atoms with Gasteiger partial charge in [-0.1, -0.05) is 137 Å². The van der Waals surface area contributed by atoms with Crippen LogP contribution in [0.4, 0.5) is 0 Å². The number of hydrogen-bond acceptors (Lipinski definition) is 0. The molecule has 0 N–H and O–H groups in total. The highest BCUT2D eigenvalue weighted by Crippen LogP contribution is 2.28. The van der Waals surface area contributed by atoms with Crippen LogP contribution in [0.15, 0.2) is 97.1 Å². The Kier molecular flexibility index (Phi) is 10.8. The van der Waals surface area contributed by atoms with Crippen molar-refractivity contribution in [3.63, 3.8) is 0 Å². The van der Waals surface area contributed by atoms with Crippen LogP contribution in [0.3, 0.4) is 0 Å².